The van der Waals surface area contributed by atoms with Crippen LogP contribution in [0.4, 0.5) is 38.0 Å². The molecule has 2 aromatic heterocycles. The number of piperazine rings is 1. The molecule has 3 atom stereocenters. The molecule has 3 saturated heterocycles. The predicted molar refractivity (Wildman–Crippen MR) is 153 cm³/mol. The van der Waals surface area contributed by atoms with Crippen molar-refractivity contribution in [2.45, 2.75) is 76.2 Å². The minimum atomic E-state index is -4.96. The quantitative estimate of drug-likeness (QED) is 0.143. The van der Waals surface area contributed by atoms with Gasteiger partial charge in [0.2, 0.25) is 5.95 Å². The molecular formula is C26H36F6N8O4Si. The van der Waals surface area contributed by atoms with Gasteiger partial charge in [-0.15, -0.1) is 0 Å². The normalized spacial score (nSPS) is 19.6. The number of nitrogens with one attached hydrogen (secondary N) is 2. The predicted octanol–water partition coefficient (Wildman–Crippen LogP) is 3.19. The zero-order chi connectivity index (χ0) is 33.2. The fraction of sp³-hybridized carbons (Fsp3) is 0.654. The fourth-order valence-electron chi connectivity index (χ4n) is 4.99. The van der Waals surface area contributed by atoms with Crippen molar-refractivity contribution in [1.82, 2.24) is 30.1 Å². The molecule has 5 rings (SSSR count). The lowest BCUT2D eigenvalue weighted by atomic mass is 9.87. The van der Waals surface area contributed by atoms with Crippen molar-refractivity contribution in [3.8, 4) is 0 Å². The second kappa shape index (κ2) is 13.6. The number of amides is 1. The molecule has 3 aliphatic rings. The van der Waals surface area contributed by atoms with E-state index in [1.54, 1.807) is 4.90 Å². The topological polar surface area (TPSA) is 127 Å². The molecule has 1 amide bonds. The summed E-state index contributed by atoms with van der Waals surface area (Å²) in [5.41, 5.74) is -1.94. The van der Waals surface area contributed by atoms with Gasteiger partial charge in [-0.25, -0.2) is 20.1 Å². The van der Waals surface area contributed by atoms with Crippen LogP contribution in [0, 0.1) is 0 Å². The molecule has 0 aromatic carbocycles. The summed E-state index contributed by atoms with van der Waals surface area (Å²) in [5.74, 6) is -0.302. The number of halogens is 6. The summed E-state index contributed by atoms with van der Waals surface area (Å²) >= 11 is 0. The molecule has 0 spiro atoms. The highest BCUT2D eigenvalue weighted by Gasteiger charge is 2.46. The Bertz CT molecular complexity index is 1370. The lowest BCUT2D eigenvalue weighted by molar-refractivity contribution is -0.139. The van der Waals surface area contributed by atoms with Crippen LogP contribution < -0.4 is 21.3 Å². The Morgan fingerprint density at radius 1 is 1.07 bits per heavy atom. The maximum absolute atomic E-state index is 13.8. The van der Waals surface area contributed by atoms with E-state index in [0.717, 1.165) is 31.1 Å². The van der Waals surface area contributed by atoms with E-state index in [1.165, 1.54) is 6.92 Å². The third-order valence-corrected chi connectivity index (χ3v) is 9.08. The number of aromatic nitrogens is 4. The number of anilines is 2. The molecular weight excluding hydrogens is 630 g/mol. The smallest absolute Gasteiger partial charge is 0.378 e. The largest absolute Gasteiger partial charge is 0.423 e. The first-order valence-corrected chi connectivity index (χ1v) is 18.0. The number of rotatable bonds is 13. The van der Waals surface area contributed by atoms with Gasteiger partial charge in [0, 0.05) is 58.3 Å². The van der Waals surface area contributed by atoms with E-state index in [4.69, 9.17) is 9.57 Å². The summed E-state index contributed by atoms with van der Waals surface area (Å²) in [4.78, 5) is 41.6. The first-order valence-electron chi connectivity index (χ1n) is 14.2. The molecule has 12 nitrogen and oxygen atoms in total. The number of hydrogen-bond donors (Lipinski definition) is 2. The Hall–Kier alpha value is -3.29. The number of fused-ring (bicyclic) bond motifs is 2. The highest BCUT2D eigenvalue weighted by atomic mass is 28.3. The zero-order valence-electron chi connectivity index (χ0n) is 25.2. The first kappa shape index (κ1) is 34.6. The number of piperidine rings is 1. The minimum Gasteiger partial charge on any atom is -0.378 e. The number of carbonyl (C=O) groups excluding carboxylic acids is 1. The average Bonchev–Trinajstić information content (AvgIpc) is 2.93. The molecule has 3 fully saturated rings. The van der Waals surface area contributed by atoms with Gasteiger partial charge in [-0.2, -0.15) is 31.4 Å². The van der Waals surface area contributed by atoms with Gasteiger partial charge in [-0.05, 0) is 19.4 Å². The molecule has 3 aliphatic heterocycles. The molecule has 45 heavy (non-hydrogen) atoms. The van der Waals surface area contributed by atoms with Crippen LogP contribution in [-0.2, 0) is 33.5 Å². The zero-order valence-corrected chi connectivity index (χ0v) is 26.2. The molecule has 0 radical (unpaired) electrons. The van der Waals surface area contributed by atoms with E-state index in [-0.39, 0.29) is 31.2 Å². The van der Waals surface area contributed by atoms with Crippen molar-refractivity contribution in [3.05, 3.63) is 40.1 Å². The van der Waals surface area contributed by atoms with Crippen LogP contribution in [0.5, 0.6) is 0 Å². The van der Waals surface area contributed by atoms with Gasteiger partial charge in [0.25, 0.3) is 11.5 Å². The van der Waals surface area contributed by atoms with Crippen molar-refractivity contribution in [3.63, 3.8) is 0 Å². The summed E-state index contributed by atoms with van der Waals surface area (Å²) in [6.07, 6.45) is -6.31. The number of carbonyl (C=O) groups is 1. The lowest BCUT2D eigenvalue weighted by Gasteiger charge is -2.56. The third-order valence-electron chi connectivity index (χ3n) is 7.38. The van der Waals surface area contributed by atoms with E-state index >= 15 is 0 Å². The van der Waals surface area contributed by atoms with E-state index in [9.17, 15) is 35.9 Å². The van der Waals surface area contributed by atoms with Gasteiger partial charge in [0.05, 0.1) is 30.6 Å². The van der Waals surface area contributed by atoms with E-state index < -0.39 is 61.5 Å². The van der Waals surface area contributed by atoms with Crippen molar-refractivity contribution < 1.29 is 40.7 Å². The first-order chi connectivity index (χ1) is 20.9. The second-order valence-electron chi connectivity index (χ2n) is 12.4. The number of hydroxylamine groups is 1. The summed E-state index contributed by atoms with van der Waals surface area (Å²) in [5, 5.41) is 6.39. The third kappa shape index (κ3) is 9.14. The number of hydrogen-bond acceptors (Lipinski definition) is 10. The molecule has 19 heteroatoms. The van der Waals surface area contributed by atoms with Crippen LogP contribution in [0.3, 0.4) is 0 Å². The monoisotopic (exact) mass is 666 g/mol. The van der Waals surface area contributed by atoms with Gasteiger partial charge in [0.1, 0.15) is 12.3 Å². The summed E-state index contributed by atoms with van der Waals surface area (Å²) in [6.45, 7) is 8.39. The number of alkyl halides is 6. The Balaban J connectivity index is 1.23. The Morgan fingerprint density at radius 3 is 2.29 bits per heavy atom. The van der Waals surface area contributed by atoms with E-state index in [1.807, 2.05) is 4.90 Å². The van der Waals surface area contributed by atoms with Crippen molar-refractivity contribution >= 4 is 25.6 Å². The van der Waals surface area contributed by atoms with Gasteiger partial charge in [0.15, 0.2) is 0 Å². The minimum absolute atomic E-state index is 0.0147. The molecule has 0 aliphatic carbocycles. The molecule has 2 N–H and O–H groups in total. The van der Waals surface area contributed by atoms with Gasteiger partial charge < -0.3 is 15.0 Å². The summed E-state index contributed by atoms with van der Waals surface area (Å²) in [6, 6.07) is -0.0536. The molecule has 2 bridgehead atoms. The molecule has 250 valence electrons. The number of ether oxygens (including phenoxy) is 1. The van der Waals surface area contributed by atoms with Crippen molar-refractivity contribution in [2.75, 3.05) is 43.1 Å². The van der Waals surface area contributed by atoms with Crippen LogP contribution >= 0.6 is 0 Å². The molecule has 5 heterocycles. The van der Waals surface area contributed by atoms with Crippen LogP contribution in [0.1, 0.15) is 24.5 Å². The van der Waals surface area contributed by atoms with E-state index in [0.29, 0.717) is 24.4 Å². The highest BCUT2D eigenvalue weighted by Crippen LogP contribution is 2.34. The fourth-order valence-corrected chi connectivity index (χ4v) is 5.74. The van der Waals surface area contributed by atoms with Gasteiger partial charge >= 0.3 is 12.4 Å². The standard InChI is InChI=1S/C26H36F6N8O4Si/c1-16(36-20-10-35-40(15-43-5-6-45(2,3)4)23(42)22(20)26(30,31)32)14-44-37-21(41)13-39-18-7-19(39)12-38(11-18)24-33-8-17(9-34-24)25(27,28)29/h8-10,16,18-19,36H,5-7,11-15H2,1-4H3,(H,37,41)/t16-,18?,19?/m0/s1. The van der Waals surface area contributed by atoms with E-state index in [2.05, 4.69) is 45.5 Å². The van der Waals surface area contributed by atoms with Gasteiger partial charge in [-0.3, -0.25) is 19.3 Å². The van der Waals surface area contributed by atoms with Gasteiger partial charge in [-0.1, -0.05) is 19.6 Å². The maximum atomic E-state index is 13.8. The van der Waals surface area contributed by atoms with Crippen molar-refractivity contribution in [1.29, 1.82) is 0 Å². The Kier molecular flexibility index (Phi) is 10.4. The highest BCUT2D eigenvalue weighted by molar-refractivity contribution is 6.76. The molecule has 2 aromatic rings. The second-order valence-corrected chi connectivity index (χ2v) is 18.0. The molecule has 0 saturated carbocycles. The Morgan fingerprint density at radius 2 is 1.71 bits per heavy atom. The molecule has 2 unspecified atom stereocenters. The SMILES string of the molecule is C[C@@H](CONC(=O)CN1C2CC1CN(c1ncc(C(F)(F)F)cn1)C2)Nc1cnn(COCC[Si](C)(C)C)c(=O)c1C(F)(F)F. The summed E-state index contributed by atoms with van der Waals surface area (Å²) in [7, 11) is -1.42. The average molecular weight is 667 g/mol. The summed E-state index contributed by atoms with van der Waals surface area (Å²) < 4.78 is 85.8. The lowest BCUT2D eigenvalue weighted by Crippen LogP contribution is -2.70. The van der Waals surface area contributed by atoms with Crippen molar-refractivity contribution in [2.24, 2.45) is 0 Å². The van der Waals surface area contributed by atoms with Crippen LogP contribution in [0.15, 0.2) is 23.4 Å². The Labute approximate surface area is 256 Å². The number of nitrogens with zero attached hydrogens (tertiary/aromatic N) is 6. The van der Waals surface area contributed by atoms with Crippen LogP contribution in [0.25, 0.3) is 0 Å². The maximum Gasteiger partial charge on any atom is 0.423 e. The van der Waals surface area contributed by atoms with Crippen LogP contribution in [0.2, 0.25) is 25.7 Å². The van der Waals surface area contributed by atoms with Crippen LogP contribution in [-0.4, -0.2) is 89.6 Å².